The number of oxime groups is 1. The summed E-state index contributed by atoms with van der Waals surface area (Å²) >= 11 is 3.46. The minimum Gasteiger partial charge on any atom is -0.409 e. The molecule has 0 atom stereocenters. The van der Waals surface area contributed by atoms with Crippen LogP contribution in [0.5, 0.6) is 0 Å². The third-order valence-electron chi connectivity index (χ3n) is 4.14. The van der Waals surface area contributed by atoms with Crippen molar-refractivity contribution < 1.29 is 10.0 Å². The summed E-state index contributed by atoms with van der Waals surface area (Å²) in [4.78, 5) is 12.6. The molecule has 0 saturated heterocycles. The Balaban J connectivity index is 2.11. The van der Waals surface area contributed by atoms with Crippen LogP contribution < -0.4 is 11.1 Å². The molecule has 1 aromatic carbocycles. The van der Waals surface area contributed by atoms with E-state index in [4.69, 9.17) is 10.9 Å². The van der Waals surface area contributed by atoms with E-state index in [1.165, 1.54) is 0 Å². The molecule has 1 saturated carbocycles. The van der Waals surface area contributed by atoms with Gasteiger partial charge in [-0.25, -0.2) is 0 Å². The van der Waals surface area contributed by atoms with Crippen molar-refractivity contribution >= 4 is 27.7 Å². The van der Waals surface area contributed by atoms with Gasteiger partial charge in [-0.1, -0.05) is 58.5 Å². The summed E-state index contributed by atoms with van der Waals surface area (Å²) in [5, 5.41) is 15.0. The molecule has 1 amide bonds. The van der Waals surface area contributed by atoms with Crippen LogP contribution >= 0.6 is 15.9 Å². The van der Waals surface area contributed by atoms with Crippen LogP contribution in [0, 0.1) is 5.41 Å². The molecule has 114 valence electrons. The second kappa shape index (κ2) is 6.93. The third-order valence-corrected chi connectivity index (χ3v) is 4.91. The van der Waals surface area contributed by atoms with E-state index in [0.717, 1.165) is 29.3 Å². The Hall–Kier alpha value is -1.56. The van der Waals surface area contributed by atoms with E-state index in [-0.39, 0.29) is 11.7 Å². The number of nitrogens with one attached hydrogen (secondary N) is 1. The maximum absolute atomic E-state index is 12.6. The molecule has 1 aliphatic carbocycles. The molecule has 0 spiro atoms. The molecule has 1 fully saturated rings. The van der Waals surface area contributed by atoms with Gasteiger partial charge in [-0.3, -0.25) is 4.79 Å². The van der Waals surface area contributed by atoms with Crippen molar-refractivity contribution in [1.29, 1.82) is 0 Å². The number of nitrogens with two attached hydrogens (primary N) is 1. The maximum atomic E-state index is 12.6. The quantitative estimate of drug-likeness (QED) is 0.336. The van der Waals surface area contributed by atoms with Crippen LogP contribution in [0.15, 0.2) is 33.9 Å². The van der Waals surface area contributed by atoms with E-state index in [9.17, 15) is 4.79 Å². The summed E-state index contributed by atoms with van der Waals surface area (Å²) in [6, 6.07) is 7.73. The highest BCUT2D eigenvalue weighted by Crippen LogP contribution is 2.37. The van der Waals surface area contributed by atoms with Crippen molar-refractivity contribution in [2.45, 2.75) is 38.6 Å². The Morgan fingerprint density at radius 1 is 1.33 bits per heavy atom. The van der Waals surface area contributed by atoms with Crippen molar-refractivity contribution in [3.8, 4) is 0 Å². The minimum absolute atomic E-state index is 0.0202. The van der Waals surface area contributed by atoms with Crippen LogP contribution in [-0.4, -0.2) is 17.0 Å². The second-order valence-electron chi connectivity index (χ2n) is 5.40. The van der Waals surface area contributed by atoms with Crippen molar-refractivity contribution in [2.24, 2.45) is 16.3 Å². The monoisotopic (exact) mass is 353 g/mol. The summed E-state index contributed by atoms with van der Waals surface area (Å²) in [6.45, 7) is 0.417. The number of hydrogen-bond donors (Lipinski definition) is 3. The van der Waals surface area contributed by atoms with Crippen LogP contribution in [0.4, 0.5) is 0 Å². The van der Waals surface area contributed by atoms with Gasteiger partial charge in [0.1, 0.15) is 5.41 Å². The van der Waals surface area contributed by atoms with Gasteiger partial charge in [0.05, 0.1) is 0 Å². The van der Waals surface area contributed by atoms with Gasteiger partial charge < -0.3 is 16.3 Å². The first kappa shape index (κ1) is 15.8. The highest BCUT2D eigenvalue weighted by Gasteiger charge is 2.43. The van der Waals surface area contributed by atoms with Gasteiger partial charge in [0.15, 0.2) is 5.84 Å². The first-order valence-corrected chi connectivity index (χ1v) is 7.89. The highest BCUT2D eigenvalue weighted by molar-refractivity contribution is 9.10. The van der Waals surface area contributed by atoms with Crippen LogP contribution in [0.25, 0.3) is 0 Å². The van der Waals surface area contributed by atoms with E-state index in [2.05, 4.69) is 26.4 Å². The van der Waals surface area contributed by atoms with Crippen molar-refractivity contribution in [2.75, 3.05) is 0 Å². The fourth-order valence-corrected chi connectivity index (χ4v) is 3.26. The maximum Gasteiger partial charge on any atom is 0.234 e. The van der Waals surface area contributed by atoms with Crippen LogP contribution in [-0.2, 0) is 11.3 Å². The van der Waals surface area contributed by atoms with Crippen LogP contribution in [0.1, 0.15) is 37.7 Å². The van der Waals surface area contributed by atoms with E-state index in [1.54, 1.807) is 0 Å². The normalized spacial score (nSPS) is 18.2. The molecule has 1 aliphatic rings. The Morgan fingerprint density at radius 3 is 2.62 bits per heavy atom. The lowest BCUT2D eigenvalue weighted by atomic mass is 9.72. The predicted octanol–water partition coefficient (Wildman–Crippen LogP) is 2.76. The predicted molar refractivity (Wildman–Crippen MR) is 84.9 cm³/mol. The van der Waals surface area contributed by atoms with Gasteiger partial charge in [0, 0.05) is 11.0 Å². The van der Waals surface area contributed by atoms with Gasteiger partial charge in [0.25, 0.3) is 0 Å². The lowest BCUT2D eigenvalue weighted by Gasteiger charge is -2.34. The number of hydrogen-bond acceptors (Lipinski definition) is 3. The van der Waals surface area contributed by atoms with Crippen LogP contribution in [0.3, 0.4) is 0 Å². The summed E-state index contributed by atoms with van der Waals surface area (Å²) in [6.07, 6.45) is 4.17. The third kappa shape index (κ3) is 3.37. The summed E-state index contributed by atoms with van der Waals surface area (Å²) < 4.78 is 0.951. The van der Waals surface area contributed by atoms with Crippen LogP contribution in [0.2, 0.25) is 0 Å². The van der Waals surface area contributed by atoms with Gasteiger partial charge in [-0.2, -0.15) is 0 Å². The van der Waals surface area contributed by atoms with E-state index in [1.807, 2.05) is 24.3 Å². The fraction of sp³-hybridized carbons (Fsp3) is 0.467. The minimum atomic E-state index is -0.867. The molecule has 0 radical (unpaired) electrons. The SMILES string of the molecule is NC(=NO)C1(C(=O)NCc2ccccc2Br)CCCCC1. The zero-order valence-electron chi connectivity index (χ0n) is 11.8. The molecule has 0 unspecified atom stereocenters. The lowest BCUT2D eigenvalue weighted by Crippen LogP contribution is -2.50. The molecule has 0 bridgehead atoms. The zero-order chi connectivity index (χ0) is 15.3. The Kier molecular flexibility index (Phi) is 5.22. The standard InChI is InChI=1S/C15H20BrN3O2/c16-12-7-3-2-6-11(12)10-18-14(20)15(13(17)19-21)8-4-1-5-9-15/h2-3,6-7,21H,1,4-5,8-10H2,(H2,17,19)(H,18,20). The zero-order valence-corrected chi connectivity index (χ0v) is 13.4. The van der Waals surface area contributed by atoms with Crippen molar-refractivity contribution in [3.05, 3.63) is 34.3 Å². The first-order chi connectivity index (χ1) is 10.1. The largest absolute Gasteiger partial charge is 0.409 e. The fourth-order valence-electron chi connectivity index (χ4n) is 2.84. The Morgan fingerprint density at radius 2 is 2.00 bits per heavy atom. The van der Waals surface area contributed by atoms with E-state index >= 15 is 0 Å². The number of halogens is 1. The molecule has 2 rings (SSSR count). The van der Waals surface area contributed by atoms with Crippen molar-refractivity contribution in [1.82, 2.24) is 5.32 Å². The number of benzene rings is 1. The molecule has 21 heavy (non-hydrogen) atoms. The van der Waals surface area contributed by atoms with Gasteiger partial charge in [-0.15, -0.1) is 0 Å². The molecule has 0 aromatic heterocycles. The number of amides is 1. The van der Waals surface area contributed by atoms with E-state index in [0.29, 0.717) is 19.4 Å². The number of carbonyl (C=O) groups is 1. The molecular weight excluding hydrogens is 334 g/mol. The molecular formula is C15H20BrN3O2. The smallest absolute Gasteiger partial charge is 0.234 e. The number of carbonyl (C=O) groups excluding carboxylic acids is 1. The topological polar surface area (TPSA) is 87.7 Å². The second-order valence-corrected chi connectivity index (χ2v) is 6.26. The molecule has 6 heteroatoms. The lowest BCUT2D eigenvalue weighted by molar-refractivity contribution is -0.129. The Bertz CT molecular complexity index is 539. The molecule has 0 heterocycles. The average molecular weight is 354 g/mol. The van der Waals surface area contributed by atoms with Crippen molar-refractivity contribution in [3.63, 3.8) is 0 Å². The average Bonchev–Trinajstić information content (AvgIpc) is 2.53. The van der Waals surface area contributed by atoms with E-state index < -0.39 is 5.41 Å². The summed E-state index contributed by atoms with van der Waals surface area (Å²) in [5.41, 5.74) is 5.94. The number of amidine groups is 1. The number of rotatable bonds is 4. The molecule has 5 nitrogen and oxygen atoms in total. The van der Waals surface area contributed by atoms with Gasteiger partial charge in [0.2, 0.25) is 5.91 Å². The van der Waals surface area contributed by atoms with Gasteiger partial charge in [-0.05, 0) is 24.5 Å². The molecule has 0 aliphatic heterocycles. The summed E-state index contributed by atoms with van der Waals surface area (Å²) in [5.74, 6) is -0.139. The Labute approximate surface area is 132 Å². The number of nitrogens with zero attached hydrogens (tertiary/aromatic N) is 1. The van der Waals surface area contributed by atoms with Gasteiger partial charge >= 0.3 is 0 Å². The highest BCUT2D eigenvalue weighted by atomic mass is 79.9. The molecule has 4 N–H and O–H groups in total. The first-order valence-electron chi connectivity index (χ1n) is 7.10. The summed E-state index contributed by atoms with van der Waals surface area (Å²) in [7, 11) is 0. The molecule has 1 aromatic rings.